The van der Waals surface area contributed by atoms with Crippen molar-refractivity contribution in [1.29, 1.82) is 0 Å². The van der Waals surface area contributed by atoms with Crippen molar-refractivity contribution >= 4 is 54.1 Å². The number of fused-ring (bicyclic) bond motifs is 8. The summed E-state index contributed by atoms with van der Waals surface area (Å²) >= 11 is 0. The fourth-order valence-corrected chi connectivity index (χ4v) is 8.00. The Balaban J connectivity index is 1.07. The maximum absolute atomic E-state index is 5.34. The van der Waals surface area contributed by atoms with E-state index in [1.165, 1.54) is 21.5 Å². The van der Waals surface area contributed by atoms with Crippen molar-refractivity contribution in [3.63, 3.8) is 0 Å². The van der Waals surface area contributed by atoms with E-state index in [4.69, 9.17) is 24.9 Å². The van der Waals surface area contributed by atoms with Crippen molar-refractivity contribution in [1.82, 2.24) is 24.9 Å². The topological polar surface area (TPSA) is 64.5 Å². The summed E-state index contributed by atoms with van der Waals surface area (Å²) in [4.78, 5) is 25.4. The first-order valence-corrected chi connectivity index (χ1v) is 18.8. The molecule has 11 aromatic rings. The molecule has 0 aliphatic rings. The number of aromatic nitrogens is 5. The average Bonchev–Trinajstić information content (AvgIpc) is 3.28. The lowest BCUT2D eigenvalue weighted by Gasteiger charge is -2.15. The summed E-state index contributed by atoms with van der Waals surface area (Å²) in [6, 6.07) is 65.1. The third-order valence-corrected chi connectivity index (χ3v) is 10.7. The van der Waals surface area contributed by atoms with E-state index in [0.717, 1.165) is 71.8 Å². The molecule has 8 aromatic carbocycles. The largest absolute Gasteiger partial charge is 0.248 e. The third kappa shape index (κ3) is 5.37. The Bertz CT molecular complexity index is 3230. The van der Waals surface area contributed by atoms with Crippen LogP contribution < -0.4 is 0 Å². The van der Waals surface area contributed by atoms with Gasteiger partial charge in [-0.25, -0.2) is 24.9 Å². The van der Waals surface area contributed by atoms with Crippen LogP contribution >= 0.6 is 0 Å². The normalized spacial score (nSPS) is 11.6. The zero-order valence-corrected chi connectivity index (χ0v) is 30.1. The smallest absolute Gasteiger partial charge is 0.164 e. The van der Waals surface area contributed by atoms with E-state index < -0.39 is 0 Å². The molecule has 0 aliphatic carbocycles. The maximum atomic E-state index is 5.34. The maximum Gasteiger partial charge on any atom is 0.164 e. The molecule has 0 saturated carbocycles. The van der Waals surface area contributed by atoms with Gasteiger partial charge >= 0.3 is 0 Å². The fraction of sp³-hybridized carbons (Fsp3) is 0. The average molecular weight is 714 g/mol. The molecule has 0 unspecified atom stereocenters. The fourth-order valence-electron chi connectivity index (χ4n) is 8.00. The number of para-hydroxylation sites is 1. The summed E-state index contributed by atoms with van der Waals surface area (Å²) < 4.78 is 0. The van der Waals surface area contributed by atoms with Crippen LogP contribution in [0.15, 0.2) is 188 Å². The van der Waals surface area contributed by atoms with Crippen LogP contribution in [0, 0.1) is 0 Å². The van der Waals surface area contributed by atoms with Crippen molar-refractivity contribution in [2.45, 2.75) is 0 Å². The molecule has 0 spiro atoms. The Morgan fingerprint density at radius 2 is 0.804 bits per heavy atom. The van der Waals surface area contributed by atoms with E-state index in [9.17, 15) is 0 Å². The van der Waals surface area contributed by atoms with Gasteiger partial charge < -0.3 is 0 Å². The molecule has 5 nitrogen and oxygen atoms in total. The van der Waals surface area contributed by atoms with Crippen LogP contribution in [-0.2, 0) is 0 Å². The molecule has 0 saturated heterocycles. The summed E-state index contributed by atoms with van der Waals surface area (Å²) in [6.07, 6.45) is 0. The minimum atomic E-state index is 0.615. The molecular weight excluding hydrogens is 683 g/mol. The molecule has 56 heavy (non-hydrogen) atoms. The molecule has 5 heteroatoms. The lowest BCUT2D eigenvalue weighted by molar-refractivity contribution is 1.07. The van der Waals surface area contributed by atoms with Gasteiger partial charge in [0.2, 0.25) is 0 Å². The first-order chi connectivity index (χ1) is 27.7. The summed E-state index contributed by atoms with van der Waals surface area (Å²) in [5, 5.41) is 9.26. The van der Waals surface area contributed by atoms with Crippen molar-refractivity contribution in [3.8, 4) is 56.7 Å². The first kappa shape index (κ1) is 31.9. The van der Waals surface area contributed by atoms with Gasteiger partial charge in [0.1, 0.15) is 0 Å². The van der Waals surface area contributed by atoms with Crippen LogP contribution in [0.2, 0.25) is 0 Å². The molecular formula is C51H31N5. The Kier molecular flexibility index (Phi) is 7.42. The minimum absolute atomic E-state index is 0.615. The van der Waals surface area contributed by atoms with Crippen LogP contribution in [0.25, 0.3) is 111 Å². The molecule has 0 aliphatic heterocycles. The van der Waals surface area contributed by atoms with Crippen LogP contribution in [-0.4, -0.2) is 24.9 Å². The molecule has 260 valence electrons. The van der Waals surface area contributed by atoms with E-state index in [1.54, 1.807) is 0 Å². The highest BCUT2D eigenvalue weighted by atomic mass is 15.0. The van der Waals surface area contributed by atoms with E-state index in [1.807, 2.05) is 66.7 Å². The second kappa shape index (κ2) is 13.0. The van der Waals surface area contributed by atoms with Crippen molar-refractivity contribution < 1.29 is 0 Å². The van der Waals surface area contributed by atoms with Gasteiger partial charge in [-0.15, -0.1) is 0 Å². The highest BCUT2D eigenvalue weighted by molar-refractivity contribution is 6.21. The van der Waals surface area contributed by atoms with E-state index in [2.05, 4.69) is 121 Å². The Morgan fingerprint density at radius 3 is 1.50 bits per heavy atom. The molecule has 3 aromatic heterocycles. The van der Waals surface area contributed by atoms with Gasteiger partial charge in [-0.3, -0.25) is 0 Å². The first-order valence-electron chi connectivity index (χ1n) is 18.8. The Morgan fingerprint density at radius 1 is 0.286 bits per heavy atom. The number of hydrogen-bond acceptors (Lipinski definition) is 5. The monoisotopic (exact) mass is 713 g/mol. The number of nitrogens with zero attached hydrogens (tertiary/aromatic N) is 5. The molecule has 0 N–H and O–H groups in total. The lowest BCUT2D eigenvalue weighted by atomic mass is 9.94. The van der Waals surface area contributed by atoms with Crippen molar-refractivity contribution in [3.05, 3.63) is 188 Å². The SMILES string of the molecule is c1ccc(-c2nc(-c3ccccc3)nc(-c3ccc(-c4nc5ccccc5c5ccc6nc(-c7cc8ccccc8c8ccccc78)ccc6c45)cc3)n2)cc1. The molecule has 0 bridgehead atoms. The quantitative estimate of drug-likeness (QED) is 0.166. The zero-order chi connectivity index (χ0) is 37.0. The van der Waals surface area contributed by atoms with Gasteiger partial charge in [0, 0.05) is 44.0 Å². The van der Waals surface area contributed by atoms with Gasteiger partial charge in [-0.1, -0.05) is 158 Å². The summed E-state index contributed by atoms with van der Waals surface area (Å²) in [5.41, 5.74) is 8.63. The molecule has 3 heterocycles. The van der Waals surface area contributed by atoms with Crippen molar-refractivity contribution in [2.24, 2.45) is 0 Å². The van der Waals surface area contributed by atoms with Crippen LogP contribution in [0.3, 0.4) is 0 Å². The third-order valence-electron chi connectivity index (χ3n) is 10.7. The predicted octanol–water partition coefficient (Wildman–Crippen LogP) is 12.8. The number of pyridine rings is 2. The van der Waals surface area contributed by atoms with Crippen LogP contribution in [0.4, 0.5) is 0 Å². The Hall–Kier alpha value is -7.63. The zero-order valence-electron chi connectivity index (χ0n) is 30.1. The van der Waals surface area contributed by atoms with Gasteiger partial charge in [0.05, 0.1) is 22.4 Å². The lowest BCUT2D eigenvalue weighted by Crippen LogP contribution is -2.00. The molecule has 11 rings (SSSR count). The van der Waals surface area contributed by atoms with Crippen LogP contribution in [0.5, 0.6) is 0 Å². The summed E-state index contributed by atoms with van der Waals surface area (Å²) in [6.45, 7) is 0. The Labute approximate surface area is 322 Å². The molecule has 0 atom stereocenters. The minimum Gasteiger partial charge on any atom is -0.248 e. The number of hydrogen-bond donors (Lipinski definition) is 0. The second-order valence-electron chi connectivity index (χ2n) is 14.0. The standard InChI is InChI=1S/C51H31N5/c1-3-13-33(14-4-1)49-54-50(34-15-5-2-6-16-34)56-51(55-49)35-25-23-32(24-26-35)48-47-41(40-21-11-12-22-44(40)53-48)27-29-45-42(47)28-30-46(52-45)43-31-36-17-7-8-18-37(36)38-19-9-10-20-39(38)43/h1-31H. The summed E-state index contributed by atoms with van der Waals surface area (Å²) in [5.74, 6) is 1.88. The van der Waals surface area contributed by atoms with Gasteiger partial charge in [0.25, 0.3) is 0 Å². The predicted molar refractivity (Wildman–Crippen MR) is 230 cm³/mol. The van der Waals surface area contributed by atoms with E-state index in [-0.39, 0.29) is 0 Å². The molecule has 0 radical (unpaired) electrons. The van der Waals surface area contributed by atoms with Crippen molar-refractivity contribution in [2.75, 3.05) is 0 Å². The molecule has 0 amide bonds. The molecule has 0 fully saturated rings. The highest BCUT2D eigenvalue weighted by Crippen LogP contribution is 2.40. The summed E-state index contributed by atoms with van der Waals surface area (Å²) in [7, 11) is 0. The van der Waals surface area contributed by atoms with Gasteiger partial charge in [0.15, 0.2) is 17.5 Å². The number of benzene rings is 8. The van der Waals surface area contributed by atoms with E-state index >= 15 is 0 Å². The number of rotatable bonds is 5. The van der Waals surface area contributed by atoms with Gasteiger partial charge in [-0.2, -0.15) is 0 Å². The van der Waals surface area contributed by atoms with E-state index in [0.29, 0.717) is 17.5 Å². The van der Waals surface area contributed by atoms with Crippen LogP contribution in [0.1, 0.15) is 0 Å². The second-order valence-corrected chi connectivity index (χ2v) is 14.0. The highest BCUT2D eigenvalue weighted by Gasteiger charge is 2.17. The van der Waals surface area contributed by atoms with Gasteiger partial charge in [-0.05, 0) is 57.3 Å².